The van der Waals surface area contributed by atoms with E-state index in [9.17, 15) is 5.11 Å². The maximum absolute atomic E-state index is 9.89. The van der Waals surface area contributed by atoms with Crippen LogP contribution < -0.4 is 5.73 Å². The molecule has 1 aromatic carbocycles. The van der Waals surface area contributed by atoms with Crippen LogP contribution in [-0.2, 0) is 6.54 Å². The zero-order valence-electron chi connectivity index (χ0n) is 10.8. The van der Waals surface area contributed by atoms with Crippen LogP contribution in [0.5, 0.6) is 0 Å². The number of nitrogens with two attached hydrogens (primary N) is 1. The summed E-state index contributed by atoms with van der Waals surface area (Å²) in [4.78, 5) is 0. The molecule has 2 aromatic rings. The smallest absolute Gasteiger partial charge is 0.0947 e. The molecule has 0 aliphatic carbocycles. The van der Waals surface area contributed by atoms with E-state index in [1.54, 1.807) is 0 Å². The average Bonchev–Trinajstić information content (AvgIpc) is 2.65. The van der Waals surface area contributed by atoms with E-state index in [2.05, 4.69) is 17.2 Å². The third-order valence-corrected chi connectivity index (χ3v) is 3.17. The number of aliphatic hydroxyl groups excluding tert-OH is 1. The Morgan fingerprint density at radius 3 is 2.56 bits per heavy atom. The fourth-order valence-electron chi connectivity index (χ4n) is 2.22. The Kier molecular flexibility index (Phi) is 3.79. The minimum atomic E-state index is -0.630. The Bertz CT molecular complexity index is 519. The highest BCUT2D eigenvalue weighted by Gasteiger charge is 2.17. The Morgan fingerprint density at radius 1 is 1.28 bits per heavy atom. The van der Waals surface area contributed by atoms with Gasteiger partial charge in [-0.15, -0.1) is 0 Å². The molecule has 0 unspecified atom stereocenters. The van der Waals surface area contributed by atoms with Crippen LogP contribution in [0.3, 0.4) is 0 Å². The van der Waals surface area contributed by atoms with Gasteiger partial charge in [0.2, 0.25) is 0 Å². The molecule has 1 atom stereocenters. The Hall–Kier alpha value is -1.65. The van der Waals surface area contributed by atoms with Gasteiger partial charge in [0.25, 0.3) is 0 Å². The molecule has 4 nitrogen and oxygen atoms in total. The highest BCUT2D eigenvalue weighted by molar-refractivity contribution is 5.28. The number of hydrogen-bond acceptors (Lipinski definition) is 3. The van der Waals surface area contributed by atoms with Crippen LogP contribution in [0.25, 0.3) is 0 Å². The van der Waals surface area contributed by atoms with Crippen LogP contribution >= 0.6 is 0 Å². The van der Waals surface area contributed by atoms with Crippen molar-refractivity contribution >= 4 is 0 Å². The first-order chi connectivity index (χ1) is 8.63. The highest BCUT2D eigenvalue weighted by Crippen LogP contribution is 2.21. The van der Waals surface area contributed by atoms with Gasteiger partial charge in [-0.3, -0.25) is 4.68 Å². The van der Waals surface area contributed by atoms with Gasteiger partial charge >= 0.3 is 0 Å². The molecule has 4 heteroatoms. The second kappa shape index (κ2) is 5.33. The number of aryl methyl sites for hydroxylation is 1. The van der Waals surface area contributed by atoms with E-state index >= 15 is 0 Å². The normalized spacial score (nSPS) is 12.7. The summed E-state index contributed by atoms with van der Waals surface area (Å²) in [6.45, 7) is 4.81. The summed E-state index contributed by atoms with van der Waals surface area (Å²) >= 11 is 0. The van der Waals surface area contributed by atoms with Crippen molar-refractivity contribution in [3.8, 4) is 0 Å². The van der Waals surface area contributed by atoms with Gasteiger partial charge in [0.15, 0.2) is 0 Å². The maximum Gasteiger partial charge on any atom is 0.0947 e. The molecule has 96 valence electrons. The third-order valence-electron chi connectivity index (χ3n) is 3.17. The van der Waals surface area contributed by atoms with E-state index in [1.807, 2.05) is 36.7 Å². The van der Waals surface area contributed by atoms with E-state index < -0.39 is 6.10 Å². The number of benzene rings is 1. The molecule has 0 saturated carbocycles. The molecule has 1 aromatic heterocycles. The molecule has 0 amide bonds. The third kappa shape index (κ3) is 2.44. The lowest BCUT2D eigenvalue weighted by Gasteiger charge is -2.09. The zero-order chi connectivity index (χ0) is 13.1. The van der Waals surface area contributed by atoms with E-state index in [0.29, 0.717) is 6.54 Å². The average molecular weight is 245 g/mol. The van der Waals surface area contributed by atoms with Crippen molar-refractivity contribution in [2.24, 2.45) is 5.73 Å². The van der Waals surface area contributed by atoms with E-state index in [-0.39, 0.29) is 6.54 Å². The minimum Gasteiger partial charge on any atom is -0.387 e. The fourth-order valence-corrected chi connectivity index (χ4v) is 2.22. The molecular formula is C14H19N3O. The summed E-state index contributed by atoms with van der Waals surface area (Å²) in [6.07, 6.45) is -0.630. The van der Waals surface area contributed by atoms with Crippen molar-refractivity contribution < 1.29 is 5.11 Å². The van der Waals surface area contributed by atoms with E-state index in [1.165, 1.54) is 5.56 Å². The number of aliphatic hydroxyl groups is 1. The molecule has 0 fully saturated rings. The summed E-state index contributed by atoms with van der Waals surface area (Å²) in [5.74, 6) is 0. The SMILES string of the molecule is Cc1nn(Cc2ccccc2)c(C)c1[C@@H](O)CN. The molecular weight excluding hydrogens is 226 g/mol. The van der Waals surface area contributed by atoms with Gasteiger partial charge in [0.05, 0.1) is 18.3 Å². The molecule has 18 heavy (non-hydrogen) atoms. The predicted octanol–water partition coefficient (Wildman–Crippen LogP) is 1.54. The van der Waals surface area contributed by atoms with Gasteiger partial charge in [0.1, 0.15) is 0 Å². The molecule has 0 saturated heterocycles. The molecule has 3 N–H and O–H groups in total. The minimum absolute atomic E-state index is 0.221. The zero-order valence-corrected chi connectivity index (χ0v) is 10.8. The maximum atomic E-state index is 9.89. The van der Waals surface area contributed by atoms with E-state index in [0.717, 1.165) is 17.0 Å². The van der Waals surface area contributed by atoms with Gasteiger partial charge in [-0.05, 0) is 19.4 Å². The van der Waals surface area contributed by atoms with Crippen molar-refractivity contribution in [3.05, 3.63) is 52.8 Å². The molecule has 0 bridgehead atoms. The topological polar surface area (TPSA) is 64.1 Å². The first kappa shape index (κ1) is 12.8. The lowest BCUT2D eigenvalue weighted by atomic mass is 10.1. The van der Waals surface area contributed by atoms with Crippen LogP contribution in [0, 0.1) is 13.8 Å². The van der Waals surface area contributed by atoms with Gasteiger partial charge in [0, 0.05) is 17.8 Å². The molecule has 2 rings (SSSR count). The summed E-state index contributed by atoms with van der Waals surface area (Å²) in [6, 6.07) is 10.1. The van der Waals surface area contributed by atoms with Gasteiger partial charge < -0.3 is 10.8 Å². The first-order valence-corrected chi connectivity index (χ1v) is 6.09. The summed E-state index contributed by atoms with van der Waals surface area (Å²) < 4.78 is 1.92. The van der Waals surface area contributed by atoms with E-state index in [4.69, 9.17) is 5.73 Å². The Labute approximate surface area is 107 Å². The molecule has 0 aliphatic heterocycles. The van der Waals surface area contributed by atoms with Gasteiger partial charge in [-0.1, -0.05) is 30.3 Å². The van der Waals surface area contributed by atoms with Crippen LogP contribution in [0.1, 0.15) is 28.6 Å². The molecule has 0 radical (unpaired) electrons. The predicted molar refractivity (Wildman–Crippen MR) is 71.3 cm³/mol. The molecule has 1 heterocycles. The van der Waals surface area contributed by atoms with Gasteiger partial charge in [-0.25, -0.2) is 0 Å². The van der Waals surface area contributed by atoms with Crippen molar-refractivity contribution in [2.75, 3.05) is 6.54 Å². The Morgan fingerprint density at radius 2 is 1.94 bits per heavy atom. The Balaban J connectivity index is 2.30. The highest BCUT2D eigenvalue weighted by atomic mass is 16.3. The number of nitrogens with zero attached hydrogens (tertiary/aromatic N) is 2. The monoisotopic (exact) mass is 245 g/mol. The second-order valence-corrected chi connectivity index (χ2v) is 4.48. The fraction of sp³-hybridized carbons (Fsp3) is 0.357. The standard InChI is InChI=1S/C14H19N3O/c1-10-14(13(18)8-15)11(2)17(16-10)9-12-6-4-3-5-7-12/h3-7,13,18H,8-9,15H2,1-2H3/t13-/m0/s1. The largest absolute Gasteiger partial charge is 0.387 e. The van der Waals surface area contributed by atoms with Crippen LogP contribution in [0.4, 0.5) is 0 Å². The van der Waals surface area contributed by atoms with Crippen LogP contribution in [-0.4, -0.2) is 21.4 Å². The molecule has 0 aliphatic rings. The first-order valence-electron chi connectivity index (χ1n) is 6.09. The number of rotatable bonds is 4. The number of aromatic nitrogens is 2. The van der Waals surface area contributed by atoms with Crippen LogP contribution in [0.15, 0.2) is 30.3 Å². The quantitative estimate of drug-likeness (QED) is 0.858. The van der Waals surface area contributed by atoms with Crippen molar-refractivity contribution in [1.29, 1.82) is 0 Å². The second-order valence-electron chi connectivity index (χ2n) is 4.48. The van der Waals surface area contributed by atoms with Crippen molar-refractivity contribution in [2.45, 2.75) is 26.5 Å². The lowest BCUT2D eigenvalue weighted by Crippen LogP contribution is -2.13. The summed E-state index contributed by atoms with van der Waals surface area (Å²) in [7, 11) is 0. The van der Waals surface area contributed by atoms with Crippen molar-refractivity contribution in [3.63, 3.8) is 0 Å². The molecule has 0 spiro atoms. The van der Waals surface area contributed by atoms with Crippen molar-refractivity contribution in [1.82, 2.24) is 9.78 Å². The summed E-state index contributed by atoms with van der Waals surface area (Å²) in [5.41, 5.74) is 9.39. The summed E-state index contributed by atoms with van der Waals surface area (Å²) in [5, 5.41) is 14.4. The number of hydrogen-bond donors (Lipinski definition) is 2. The lowest BCUT2D eigenvalue weighted by molar-refractivity contribution is 0.185. The van der Waals surface area contributed by atoms with Crippen LogP contribution in [0.2, 0.25) is 0 Å². The van der Waals surface area contributed by atoms with Gasteiger partial charge in [-0.2, -0.15) is 5.10 Å².